The molecule has 2 N–H and O–H groups in total. The first-order valence-electron chi connectivity index (χ1n) is 15.5. The quantitative estimate of drug-likeness (QED) is 0.181. The molecule has 0 spiro atoms. The Hall–Kier alpha value is -1.06. The lowest BCUT2D eigenvalue weighted by Crippen LogP contribution is -2.21. The summed E-state index contributed by atoms with van der Waals surface area (Å²) in [6.45, 7) is 35.5. The van der Waals surface area contributed by atoms with Gasteiger partial charge in [0.05, 0.1) is 6.10 Å². The number of nitrogens with zero attached hydrogens (tertiary/aromatic N) is 1. The molecule has 0 aromatic carbocycles. The molecule has 0 bridgehead atoms. The summed E-state index contributed by atoms with van der Waals surface area (Å²) in [5, 5.41) is 16.3. The lowest BCUT2D eigenvalue weighted by molar-refractivity contribution is 0.183. The number of allylic oxidation sites excluding steroid dienone is 3. The van der Waals surface area contributed by atoms with Gasteiger partial charge in [-0.25, -0.2) is 0 Å². The molecule has 3 heteroatoms. The molecule has 0 radical (unpaired) electrons. The molecule has 4 atom stereocenters. The van der Waals surface area contributed by atoms with Crippen LogP contribution in [-0.2, 0) is 0 Å². The van der Waals surface area contributed by atoms with Crippen LogP contribution in [0.15, 0.2) is 36.1 Å². The third-order valence-corrected chi connectivity index (χ3v) is 7.55. The number of hydrogen-bond acceptors (Lipinski definition) is 3. The lowest BCUT2D eigenvalue weighted by atomic mass is 9.78. The lowest BCUT2D eigenvalue weighted by Gasteiger charge is -2.28. The molecule has 230 valence electrons. The highest BCUT2D eigenvalue weighted by Gasteiger charge is 2.21. The summed E-state index contributed by atoms with van der Waals surface area (Å²) in [6, 6.07) is 0. The van der Waals surface area contributed by atoms with Gasteiger partial charge in [0.2, 0.25) is 0 Å². The SMILES string of the molecule is C=CC(C)CCCC(C)(C)CCC(=C)C(C)C(C)CCCC.CC.CCN(C)C(CC(C)O)=C(C)C.CO. The highest BCUT2D eigenvalue weighted by molar-refractivity contribution is 5.09. The van der Waals surface area contributed by atoms with Crippen LogP contribution in [0.3, 0.4) is 0 Å². The van der Waals surface area contributed by atoms with Gasteiger partial charge < -0.3 is 15.1 Å². The largest absolute Gasteiger partial charge is 0.400 e. The molecule has 0 aromatic heterocycles. The Balaban J connectivity index is -0.000000304. The molecule has 0 amide bonds. The van der Waals surface area contributed by atoms with Crippen molar-refractivity contribution in [3.8, 4) is 0 Å². The molecule has 4 unspecified atom stereocenters. The summed E-state index contributed by atoms with van der Waals surface area (Å²) in [5.74, 6) is 2.11. The molecule has 0 saturated heterocycles. The number of aliphatic hydroxyl groups is 2. The molecule has 0 fully saturated rings. The van der Waals surface area contributed by atoms with E-state index in [2.05, 4.69) is 93.5 Å². The Morgan fingerprint density at radius 2 is 1.47 bits per heavy atom. The normalized spacial score (nSPS) is 13.6. The molecule has 3 nitrogen and oxygen atoms in total. The summed E-state index contributed by atoms with van der Waals surface area (Å²) in [7, 11) is 3.06. The van der Waals surface area contributed by atoms with Gasteiger partial charge in [-0.3, -0.25) is 0 Å². The second kappa shape index (κ2) is 27.5. The Morgan fingerprint density at radius 1 is 0.947 bits per heavy atom. The zero-order valence-electron chi connectivity index (χ0n) is 28.7. The summed E-state index contributed by atoms with van der Waals surface area (Å²) in [4.78, 5) is 2.18. The van der Waals surface area contributed by atoms with E-state index in [0.29, 0.717) is 17.3 Å². The van der Waals surface area contributed by atoms with Gasteiger partial charge in [-0.05, 0) is 76.5 Å². The third-order valence-electron chi connectivity index (χ3n) is 7.55. The van der Waals surface area contributed by atoms with Crippen molar-refractivity contribution in [2.45, 2.75) is 147 Å². The molecular weight excluding hydrogens is 466 g/mol. The topological polar surface area (TPSA) is 43.7 Å². The summed E-state index contributed by atoms with van der Waals surface area (Å²) in [5.41, 5.74) is 4.46. The molecule has 0 saturated carbocycles. The summed E-state index contributed by atoms with van der Waals surface area (Å²) >= 11 is 0. The van der Waals surface area contributed by atoms with E-state index in [1.807, 2.05) is 20.8 Å². The predicted molar refractivity (Wildman–Crippen MR) is 176 cm³/mol. The van der Waals surface area contributed by atoms with Gasteiger partial charge in [0.1, 0.15) is 0 Å². The third kappa shape index (κ3) is 25.2. The zero-order valence-corrected chi connectivity index (χ0v) is 28.7. The van der Waals surface area contributed by atoms with Gasteiger partial charge in [-0.1, -0.05) is 105 Å². The molecule has 0 aliphatic rings. The first-order chi connectivity index (χ1) is 17.7. The van der Waals surface area contributed by atoms with Gasteiger partial charge in [-0.15, -0.1) is 6.58 Å². The molecule has 0 aliphatic heterocycles. The fraction of sp³-hybridized carbons (Fsp3) is 0.829. The van der Waals surface area contributed by atoms with E-state index in [4.69, 9.17) is 5.11 Å². The minimum atomic E-state index is -0.246. The number of rotatable bonds is 17. The van der Waals surface area contributed by atoms with Crippen LogP contribution in [0.25, 0.3) is 0 Å². The monoisotopic (exact) mass is 540 g/mol. The van der Waals surface area contributed by atoms with Crippen LogP contribution in [-0.4, -0.2) is 41.9 Å². The fourth-order valence-electron chi connectivity index (χ4n) is 4.26. The van der Waals surface area contributed by atoms with Crippen LogP contribution in [0.4, 0.5) is 0 Å². The van der Waals surface area contributed by atoms with E-state index in [1.165, 1.54) is 68.2 Å². The second-order valence-corrected chi connectivity index (χ2v) is 11.8. The number of unbranched alkanes of at least 4 members (excludes halogenated alkanes) is 1. The van der Waals surface area contributed by atoms with Gasteiger partial charge >= 0.3 is 0 Å². The maximum atomic E-state index is 9.26. The van der Waals surface area contributed by atoms with Crippen LogP contribution in [0, 0.1) is 23.2 Å². The Morgan fingerprint density at radius 3 is 1.87 bits per heavy atom. The van der Waals surface area contributed by atoms with Crippen molar-refractivity contribution >= 4 is 0 Å². The van der Waals surface area contributed by atoms with E-state index in [0.717, 1.165) is 26.0 Å². The van der Waals surface area contributed by atoms with Crippen molar-refractivity contribution in [1.82, 2.24) is 4.90 Å². The molecule has 38 heavy (non-hydrogen) atoms. The minimum absolute atomic E-state index is 0.246. The van der Waals surface area contributed by atoms with Gasteiger partial charge in [0, 0.05) is 32.8 Å². The average Bonchev–Trinajstić information content (AvgIpc) is 2.90. The molecule has 0 aliphatic carbocycles. The molecule has 0 rings (SSSR count). The fourth-order valence-corrected chi connectivity index (χ4v) is 4.26. The van der Waals surface area contributed by atoms with E-state index in [1.54, 1.807) is 0 Å². The van der Waals surface area contributed by atoms with Crippen molar-refractivity contribution in [1.29, 1.82) is 0 Å². The van der Waals surface area contributed by atoms with Crippen molar-refractivity contribution in [3.63, 3.8) is 0 Å². The Kier molecular flexibility index (Phi) is 31.8. The van der Waals surface area contributed by atoms with Crippen LogP contribution in [0.1, 0.15) is 141 Å². The van der Waals surface area contributed by atoms with Crippen LogP contribution >= 0.6 is 0 Å². The van der Waals surface area contributed by atoms with Gasteiger partial charge in [0.15, 0.2) is 0 Å². The van der Waals surface area contributed by atoms with E-state index in [-0.39, 0.29) is 6.10 Å². The van der Waals surface area contributed by atoms with Gasteiger partial charge in [-0.2, -0.15) is 0 Å². The number of hydrogen-bond donors (Lipinski definition) is 2. The summed E-state index contributed by atoms with van der Waals surface area (Å²) in [6.07, 6.45) is 13.0. The van der Waals surface area contributed by atoms with Crippen LogP contribution < -0.4 is 0 Å². The Bertz CT molecular complexity index is 572. The first kappa shape index (κ1) is 44.0. The minimum Gasteiger partial charge on any atom is -0.400 e. The van der Waals surface area contributed by atoms with E-state index in [9.17, 15) is 5.11 Å². The van der Waals surface area contributed by atoms with Crippen molar-refractivity contribution in [2.24, 2.45) is 23.2 Å². The molecule has 0 aromatic rings. The smallest absolute Gasteiger partial charge is 0.0566 e. The highest BCUT2D eigenvalue weighted by atomic mass is 16.3. The van der Waals surface area contributed by atoms with Crippen molar-refractivity contribution in [3.05, 3.63) is 36.1 Å². The van der Waals surface area contributed by atoms with Crippen LogP contribution in [0.5, 0.6) is 0 Å². The van der Waals surface area contributed by atoms with Crippen molar-refractivity contribution < 1.29 is 10.2 Å². The Labute approximate surface area is 241 Å². The van der Waals surface area contributed by atoms with Gasteiger partial charge in [0.25, 0.3) is 0 Å². The first-order valence-corrected chi connectivity index (χ1v) is 15.5. The zero-order chi connectivity index (χ0) is 30.9. The summed E-state index contributed by atoms with van der Waals surface area (Å²) < 4.78 is 0. The van der Waals surface area contributed by atoms with Crippen molar-refractivity contribution in [2.75, 3.05) is 20.7 Å². The maximum absolute atomic E-state index is 9.26. The standard InChI is InChI=1S/C22H42.C10H21NO.C2H6.CH4O/c1-9-11-14-19(4)21(6)20(5)15-17-22(7,8)16-12-13-18(3)10-2;1-6-11(5)10(8(2)3)7-9(4)12;2*1-2/h10,18-19,21H,2,5,9,11-17H2,1,3-4,6-8H3;9,12H,6-7H2,1-5H3;1-2H3;2H,1H3. The number of aliphatic hydroxyl groups excluding tert-OH is 2. The highest BCUT2D eigenvalue weighted by Crippen LogP contribution is 2.34. The predicted octanol–water partition coefficient (Wildman–Crippen LogP) is 10.4. The molecular formula is C35H73NO2. The van der Waals surface area contributed by atoms with E-state index < -0.39 is 0 Å². The van der Waals surface area contributed by atoms with Crippen LogP contribution in [0.2, 0.25) is 0 Å². The second-order valence-electron chi connectivity index (χ2n) is 11.8. The maximum Gasteiger partial charge on any atom is 0.0566 e. The average molecular weight is 540 g/mol. The molecule has 0 heterocycles. The van der Waals surface area contributed by atoms with E-state index >= 15 is 0 Å².